The second-order valence-electron chi connectivity index (χ2n) is 7.54. The van der Waals surface area contributed by atoms with Crippen LogP contribution in [0.5, 0.6) is 0 Å². The summed E-state index contributed by atoms with van der Waals surface area (Å²) in [5.41, 5.74) is 8.45. The molecule has 4 N–H and O–H groups in total. The standard InChI is InChI=1S/C23H22F3N3O2/c24-23(25,26)17-3-1-2-16(10-17)19-11-20-22(31)28-12-18(8-9-27)29(20)21(19)15-6-4-14(13-30)5-7-15/h1-7,10-11,18,30H,8-9,12-13,27H2,(H,28,31). The van der Waals surface area contributed by atoms with Gasteiger partial charge in [0, 0.05) is 12.1 Å². The molecule has 4 rings (SSSR count). The topological polar surface area (TPSA) is 80.3 Å². The van der Waals surface area contributed by atoms with Crippen molar-refractivity contribution in [3.8, 4) is 22.4 Å². The van der Waals surface area contributed by atoms with Crippen LogP contribution in [0.4, 0.5) is 13.2 Å². The van der Waals surface area contributed by atoms with E-state index >= 15 is 0 Å². The van der Waals surface area contributed by atoms with Crippen LogP contribution in [0.15, 0.2) is 54.6 Å². The summed E-state index contributed by atoms with van der Waals surface area (Å²) in [6.07, 6.45) is -3.87. The number of halogens is 3. The minimum atomic E-state index is -4.47. The van der Waals surface area contributed by atoms with Crippen LogP contribution in [0, 0.1) is 0 Å². The monoisotopic (exact) mass is 429 g/mol. The van der Waals surface area contributed by atoms with Gasteiger partial charge in [-0.15, -0.1) is 0 Å². The van der Waals surface area contributed by atoms with Crippen LogP contribution >= 0.6 is 0 Å². The second-order valence-corrected chi connectivity index (χ2v) is 7.54. The second kappa shape index (κ2) is 8.20. The first kappa shape index (κ1) is 21.1. The number of nitrogens with two attached hydrogens (primary N) is 1. The number of nitrogens with one attached hydrogen (secondary N) is 1. The fourth-order valence-electron chi connectivity index (χ4n) is 4.04. The van der Waals surface area contributed by atoms with Crippen molar-refractivity contribution >= 4 is 5.91 Å². The lowest BCUT2D eigenvalue weighted by Gasteiger charge is -2.28. The number of aliphatic hydroxyl groups excluding tert-OH is 1. The third-order valence-electron chi connectivity index (χ3n) is 5.54. The van der Waals surface area contributed by atoms with E-state index in [0.29, 0.717) is 47.6 Å². The summed E-state index contributed by atoms with van der Waals surface area (Å²) in [5, 5.41) is 12.2. The van der Waals surface area contributed by atoms with Crippen molar-refractivity contribution in [3.63, 3.8) is 0 Å². The molecule has 31 heavy (non-hydrogen) atoms. The van der Waals surface area contributed by atoms with Crippen molar-refractivity contribution in [2.75, 3.05) is 13.1 Å². The summed E-state index contributed by atoms with van der Waals surface area (Å²) in [6, 6.07) is 13.7. The van der Waals surface area contributed by atoms with E-state index in [2.05, 4.69) is 5.32 Å². The van der Waals surface area contributed by atoms with E-state index in [9.17, 15) is 23.1 Å². The molecule has 0 aliphatic carbocycles. The number of alkyl halides is 3. The maximum atomic E-state index is 13.3. The van der Waals surface area contributed by atoms with Gasteiger partial charge in [-0.2, -0.15) is 13.2 Å². The highest BCUT2D eigenvalue weighted by molar-refractivity contribution is 5.98. The number of carbonyl (C=O) groups excluding carboxylic acids is 1. The molecule has 1 atom stereocenters. The molecule has 0 fully saturated rings. The number of fused-ring (bicyclic) bond motifs is 1. The molecule has 3 aromatic rings. The molecule has 5 nitrogen and oxygen atoms in total. The van der Waals surface area contributed by atoms with E-state index in [1.54, 1.807) is 36.4 Å². The Morgan fingerprint density at radius 1 is 1.10 bits per heavy atom. The Morgan fingerprint density at radius 2 is 1.84 bits per heavy atom. The van der Waals surface area contributed by atoms with Crippen LogP contribution in [0.1, 0.15) is 34.1 Å². The van der Waals surface area contributed by atoms with Crippen LogP contribution in [0.3, 0.4) is 0 Å². The van der Waals surface area contributed by atoms with E-state index in [0.717, 1.165) is 17.7 Å². The van der Waals surface area contributed by atoms with Crippen molar-refractivity contribution < 1.29 is 23.1 Å². The SMILES string of the molecule is NCCC1CNC(=O)c2cc(-c3cccc(C(F)(F)F)c3)c(-c3ccc(CO)cc3)n21. The van der Waals surface area contributed by atoms with Gasteiger partial charge in [-0.05, 0) is 47.9 Å². The largest absolute Gasteiger partial charge is 0.416 e. The smallest absolute Gasteiger partial charge is 0.392 e. The van der Waals surface area contributed by atoms with E-state index in [4.69, 9.17) is 5.73 Å². The number of hydrogen-bond acceptors (Lipinski definition) is 3. The first-order valence-corrected chi connectivity index (χ1v) is 9.94. The maximum Gasteiger partial charge on any atom is 0.416 e. The molecular formula is C23H22F3N3O2. The van der Waals surface area contributed by atoms with E-state index in [1.165, 1.54) is 6.07 Å². The number of amides is 1. The molecule has 0 saturated heterocycles. The molecule has 1 amide bonds. The fraction of sp³-hybridized carbons (Fsp3) is 0.261. The van der Waals surface area contributed by atoms with Crippen molar-refractivity contribution in [1.29, 1.82) is 0 Å². The number of benzene rings is 2. The van der Waals surface area contributed by atoms with E-state index < -0.39 is 11.7 Å². The summed E-state index contributed by atoms with van der Waals surface area (Å²) in [4.78, 5) is 12.6. The number of hydrogen-bond donors (Lipinski definition) is 3. The van der Waals surface area contributed by atoms with Gasteiger partial charge >= 0.3 is 6.18 Å². The molecule has 2 heterocycles. The number of carbonyl (C=O) groups is 1. The molecule has 2 aromatic carbocycles. The lowest BCUT2D eigenvalue weighted by atomic mass is 9.98. The molecule has 0 spiro atoms. The number of aliphatic hydroxyl groups is 1. The minimum Gasteiger partial charge on any atom is -0.392 e. The van der Waals surface area contributed by atoms with Crippen molar-refractivity contribution in [2.45, 2.75) is 25.2 Å². The molecule has 0 radical (unpaired) electrons. The Hall–Kier alpha value is -3.10. The highest BCUT2D eigenvalue weighted by Crippen LogP contribution is 2.41. The summed E-state index contributed by atoms with van der Waals surface area (Å²) in [6.45, 7) is 0.673. The Balaban J connectivity index is 1.97. The first-order valence-electron chi connectivity index (χ1n) is 9.94. The van der Waals surface area contributed by atoms with Gasteiger partial charge in [-0.1, -0.05) is 36.4 Å². The predicted molar refractivity (Wildman–Crippen MR) is 111 cm³/mol. The molecule has 1 aromatic heterocycles. The minimum absolute atomic E-state index is 0.120. The van der Waals surface area contributed by atoms with Gasteiger partial charge in [-0.25, -0.2) is 0 Å². The van der Waals surface area contributed by atoms with Crippen LogP contribution < -0.4 is 11.1 Å². The lowest BCUT2D eigenvalue weighted by Crippen LogP contribution is -2.39. The summed E-state index contributed by atoms with van der Waals surface area (Å²) < 4.78 is 41.9. The van der Waals surface area contributed by atoms with E-state index in [1.807, 2.05) is 4.57 Å². The van der Waals surface area contributed by atoms with Gasteiger partial charge in [0.1, 0.15) is 5.69 Å². The fourth-order valence-corrected chi connectivity index (χ4v) is 4.04. The Bertz CT molecular complexity index is 1100. The van der Waals surface area contributed by atoms with Gasteiger partial charge in [0.05, 0.1) is 23.9 Å². The van der Waals surface area contributed by atoms with Crippen molar-refractivity contribution in [1.82, 2.24) is 9.88 Å². The molecule has 1 unspecified atom stereocenters. The Kier molecular flexibility index (Phi) is 5.60. The average Bonchev–Trinajstić information content (AvgIpc) is 3.17. The van der Waals surface area contributed by atoms with Crippen molar-refractivity contribution in [2.24, 2.45) is 5.73 Å². The maximum absolute atomic E-state index is 13.3. The third kappa shape index (κ3) is 3.96. The average molecular weight is 429 g/mol. The van der Waals surface area contributed by atoms with Crippen LogP contribution in [-0.4, -0.2) is 28.7 Å². The highest BCUT2D eigenvalue weighted by atomic mass is 19.4. The zero-order valence-electron chi connectivity index (χ0n) is 16.6. The molecule has 162 valence electrons. The summed E-state index contributed by atoms with van der Waals surface area (Å²) >= 11 is 0. The molecule has 8 heteroatoms. The quantitative estimate of drug-likeness (QED) is 0.574. The Labute approximate surface area is 177 Å². The van der Waals surface area contributed by atoms with Gasteiger partial charge in [0.15, 0.2) is 0 Å². The van der Waals surface area contributed by atoms with Gasteiger partial charge < -0.3 is 20.7 Å². The highest BCUT2D eigenvalue weighted by Gasteiger charge is 2.33. The number of rotatable bonds is 5. The van der Waals surface area contributed by atoms with Crippen molar-refractivity contribution in [3.05, 3.63) is 71.4 Å². The van der Waals surface area contributed by atoms with Gasteiger partial charge in [0.25, 0.3) is 5.91 Å². The van der Waals surface area contributed by atoms with Crippen LogP contribution in [0.25, 0.3) is 22.4 Å². The van der Waals surface area contributed by atoms with Gasteiger partial charge in [0.2, 0.25) is 0 Å². The first-order chi connectivity index (χ1) is 14.8. The Morgan fingerprint density at radius 3 is 2.48 bits per heavy atom. The molecule has 0 saturated carbocycles. The number of nitrogens with zero attached hydrogens (tertiary/aromatic N) is 1. The lowest BCUT2D eigenvalue weighted by molar-refractivity contribution is -0.137. The molecule has 0 bridgehead atoms. The third-order valence-corrected chi connectivity index (χ3v) is 5.54. The normalized spacial score (nSPS) is 16.2. The molecule has 1 aliphatic rings. The zero-order chi connectivity index (χ0) is 22.2. The summed E-state index contributed by atoms with van der Waals surface area (Å²) in [7, 11) is 0. The number of aromatic nitrogens is 1. The molecule has 1 aliphatic heterocycles. The predicted octanol–water partition coefficient (Wildman–Crippen LogP) is 3.97. The summed E-state index contributed by atoms with van der Waals surface area (Å²) in [5.74, 6) is -0.278. The molecular weight excluding hydrogens is 407 g/mol. The van der Waals surface area contributed by atoms with Gasteiger partial charge in [-0.3, -0.25) is 4.79 Å². The zero-order valence-corrected chi connectivity index (χ0v) is 16.6. The van der Waals surface area contributed by atoms with Crippen LogP contribution in [-0.2, 0) is 12.8 Å². The van der Waals surface area contributed by atoms with E-state index in [-0.39, 0.29) is 18.6 Å². The van der Waals surface area contributed by atoms with Crippen LogP contribution in [0.2, 0.25) is 0 Å².